The average Bonchev–Trinajstić information content (AvgIpc) is 1.69. The Morgan fingerprint density at radius 3 is 1.62 bits per heavy atom. The number of aliphatic hydroxyl groups is 1. The Hall–Kier alpha value is 0.690. The Morgan fingerprint density at radius 1 is 1.50 bits per heavy atom. The Kier molecular flexibility index (Phi) is 15.3. The first-order valence-corrected chi connectivity index (χ1v) is 4.38. The number of hydrogen-bond donors (Lipinski definition) is 1. The van der Waals surface area contributed by atoms with Gasteiger partial charge in [0, 0.05) is 6.61 Å². The number of aliphatic hydroxyl groups excluding tert-OH is 1. The van der Waals surface area contributed by atoms with Crippen LogP contribution in [0.4, 0.5) is 0 Å². The lowest BCUT2D eigenvalue weighted by Crippen LogP contribution is -1.90. The molecule has 0 amide bonds. The van der Waals surface area contributed by atoms with Gasteiger partial charge in [-0.15, -0.1) is 0 Å². The van der Waals surface area contributed by atoms with Gasteiger partial charge in [0.1, 0.15) is 0 Å². The normalized spacial score (nSPS) is 8.25. The third kappa shape index (κ3) is 29.9. The minimum atomic E-state index is 0.306. The van der Waals surface area contributed by atoms with Crippen molar-refractivity contribution in [2.24, 2.45) is 5.92 Å². The highest BCUT2D eigenvalue weighted by atomic mass is 127. The van der Waals surface area contributed by atoms with Crippen LogP contribution in [0.5, 0.6) is 0 Å². The number of rotatable bonds is 1. The standard InChI is InChI=1S/C4H10O.C2H5I/c1-4(2)3-5;1-2-3/h4-5H,3H2,1-2H3;2H2,1H3. The summed E-state index contributed by atoms with van der Waals surface area (Å²) in [7, 11) is 0. The molecule has 1 N–H and O–H groups in total. The van der Waals surface area contributed by atoms with Gasteiger partial charge in [-0.3, -0.25) is 0 Å². The molecule has 0 spiro atoms. The zero-order valence-electron chi connectivity index (χ0n) is 5.82. The molecular formula is C6H15IO. The first kappa shape index (κ1) is 11.5. The van der Waals surface area contributed by atoms with Crippen molar-refractivity contribution in [3.63, 3.8) is 0 Å². The van der Waals surface area contributed by atoms with E-state index in [-0.39, 0.29) is 0 Å². The third-order valence-electron chi connectivity index (χ3n) is 0.365. The first-order chi connectivity index (χ1) is 3.68. The first-order valence-electron chi connectivity index (χ1n) is 2.85. The van der Waals surface area contributed by atoms with Gasteiger partial charge < -0.3 is 5.11 Å². The van der Waals surface area contributed by atoms with E-state index >= 15 is 0 Å². The lowest BCUT2D eigenvalue weighted by atomic mass is 10.2. The van der Waals surface area contributed by atoms with Crippen LogP contribution >= 0.6 is 22.6 Å². The van der Waals surface area contributed by atoms with E-state index in [9.17, 15) is 0 Å². The monoisotopic (exact) mass is 230 g/mol. The summed E-state index contributed by atoms with van der Waals surface area (Å²) < 4.78 is 1.22. The molecule has 2 heteroatoms. The fraction of sp³-hybridized carbons (Fsp3) is 1.00. The molecule has 0 aromatic carbocycles. The molecule has 0 saturated carbocycles. The van der Waals surface area contributed by atoms with Crippen molar-refractivity contribution < 1.29 is 5.11 Å². The van der Waals surface area contributed by atoms with Crippen molar-refractivity contribution in [1.82, 2.24) is 0 Å². The second-order valence-electron chi connectivity index (χ2n) is 1.84. The topological polar surface area (TPSA) is 20.2 Å². The molecule has 0 aromatic heterocycles. The summed E-state index contributed by atoms with van der Waals surface area (Å²) in [6, 6.07) is 0. The summed E-state index contributed by atoms with van der Waals surface area (Å²) in [5.41, 5.74) is 0. The van der Waals surface area contributed by atoms with Gasteiger partial charge in [0.2, 0.25) is 0 Å². The van der Waals surface area contributed by atoms with Crippen LogP contribution in [0.15, 0.2) is 0 Å². The van der Waals surface area contributed by atoms with Gasteiger partial charge in [0.05, 0.1) is 0 Å². The van der Waals surface area contributed by atoms with E-state index in [2.05, 4.69) is 29.5 Å². The molecule has 0 aliphatic rings. The highest BCUT2D eigenvalue weighted by Crippen LogP contribution is 1.83. The molecule has 0 radical (unpaired) electrons. The minimum Gasteiger partial charge on any atom is -0.396 e. The molecule has 1 nitrogen and oxygen atoms in total. The van der Waals surface area contributed by atoms with Gasteiger partial charge in [-0.1, -0.05) is 43.4 Å². The number of hydrogen-bond acceptors (Lipinski definition) is 1. The molecule has 0 heterocycles. The Balaban J connectivity index is 0. The van der Waals surface area contributed by atoms with Crippen molar-refractivity contribution in [2.75, 3.05) is 11.0 Å². The van der Waals surface area contributed by atoms with Crippen LogP contribution in [0.3, 0.4) is 0 Å². The summed E-state index contributed by atoms with van der Waals surface area (Å²) in [5, 5.41) is 8.14. The van der Waals surface area contributed by atoms with E-state index in [0.717, 1.165) is 0 Å². The van der Waals surface area contributed by atoms with E-state index in [1.165, 1.54) is 4.43 Å². The molecule has 0 aromatic rings. The summed E-state index contributed by atoms with van der Waals surface area (Å²) in [6.45, 7) is 6.36. The highest BCUT2D eigenvalue weighted by Gasteiger charge is 1.81. The van der Waals surface area contributed by atoms with Crippen LogP contribution in [0.2, 0.25) is 0 Å². The van der Waals surface area contributed by atoms with Gasteiger partial charge in [0.25, 0.3) is 0 Å². The van der Waals surface area contributed by atoms with E-state index < -0.39 is 0 Å². The van der Waals surface area contributed by atoms with Gasteiger partial charge in [-0.05, 0) is 10.3 Å². The van der Waals surface area contributed by atoms with Crippen LogP contribution < -0.4 is 0 Å². The van der Waals surface area contributed by atoms with Crippen LogP contribution in [0.25, 0.3) is 0 Å². The van der Waals surface area contributed by atoms with Crippen LogP contribution in [0.1, 0.15) is 20.8 Å². The Morgan fingerprint density at radius 2 is 1.62 bits per heavy atom. The van der Waals surface area contributed by atoms with Gasteiger partial charge >= 0.3 is 0 Å². The minimum absolute atomic E-state index is 0.306. The Bertz CT molecular complexity index is 29.7. The smallest absolute Gasteiger partial charge is 0.0453 e. The lowest BCUT2D eigenvalue weighted by molar-refractivity contribution is 0.248. The maximum atomic E-state index is 8.14. The Labute approximate surface area is 65.6 Å². The predicted molar refractivity (Wildman–Crippen MR) is 46.5 cm³/mol. The molecule has 0 rings (SSSR count). The second-order valence-corrected chi connectivity index (χ2v) is 3.37. The zero-order valence-corrected chi connectivity index (χ0v) is 7.97. The van der Waals surface area contributed by atoms with Gasteiger partial charge in [0.15, 0.2) is 0 Å². The average molecular weight is 230 g/mol. The highest BCUT2D eigenvalue weighted by molar-refractivity contribution is 14.1. The molecule has 0 fully saturated rings. The van der Waals surface area contributed by atoms with Crippen molar-refractivity contribution >= 4 is 22.6 Å². The summed E-state index contributed by atoms with van der Waals surface area (Å²) >= 11 is 2.29. The van der Waals surface area contributed by atoms with Crippen LogP contribution in [0, 0.1) is 5.92 Å². The lowest BCUT2D eigenvalue weighted by Gasteiger charge is -1.90. The third-order valence-corrected chi connectivity index (χ3v) is 0.365. The molecule has 0 aliphatic heterocycles. The van der Waals surface area contributed by atoms with E-state index in [0.29, 0.717) is 12.5 Å². The second kappa shape index (κ2) is 10.6. The van der Waals surface area contributed by atoms with Crippen LogP contribution in [-0.4, -0.2) is 16.1 Å². The molecule has 0 unspecified atom stereocenters. The van der Waals surface area contributed by atoms with Crippen molar-refractivity contribution in [2.45, 2.75) is 20.8 Å². The van der Waals surface area contributed by atoms with E-state index in [1.54, 1.807) is 0 Å². The van der Waals surface area contributed by atoms with Gasteiger partial charge in [-0.25, -0.2) is 0 Å². The summed E-state index contributed by atoms with van der Waals surface area (Å²) in [5.74, 6) is 0.440. The molecule has 0 atom stereocenters. The number of alkyl halides is 1. The molecule has 0 aliphatic carbocycles. The largest absolute Gasteiger partial charge is 0.396 e. The summed E-state index contributed by atoms with van der Waals surface area (Å²) in [4.78, 5) is 0. The molecule has 8 heavy (non-hydrogen) atoms. The quantitative estimate of drug-likeness (QED) is 0.540. The maximum Gasteiger partial charge on any atom is 0.0453 e. The molecule has 52 valence electrons. The van der Waals surface area contributed by atoms with E-state index in [1.807, 2.05) is 13.8 Å². The molecule has 0 saturated heterocycles. The molecule has 0 bridgehead atoms. The zero-order chi connectivity index (χ0) is 6.99. The SMILES string of the molecule is CC(C)CO.CCI. The van der Waals surface area contributed by atoms with Crippen molar-refractivity contribution in [3.8, 4) is 0 Å². The van der Waals surface area contributed by atoms with Crippen molar-refractivity contribution in [1.29, 1.82) is 0 Å². The summed E-state index contributed by atoms with van der Waals surface area (Å²) in [6.07, 6.45) is 0. The predicted octanol–water partition coefficient (Wildman–Crippen LogP) is 2.08. The van der Waals surface area contributed by atoms with Crippen molar-refractivity contribution in [3.05, 3.63) is 0 Å². The number of halogens is 1. The fourth-order valence-electron chi connectivity index (χ4n) is 0. The van der Waals surface area contributed by atoms with E-state index in [4.69, 9.17) is 5.11 Å². The maximum absolute atomic E-state index is 8.14. The van der Waals surface area contributed by atoms with Gasteiger partial charge in [-0.2, -0.15) is 0 Å². The van der Waals surface area contributed by atoms with Crippen LogP contribution in [-0.2, 0) is 0 Å². The molecular weight excluding hydrogens is 215 g/mol. The fourth-order valence-corrected chi connectivity index (χ4v) is 0.